The van der Waals surface area contributed by atoms with Crippen molar-refractivity contribution in [2.45, 2.75) is 6.92 Å². The minimum absolute atomic E-state index is 0.115. The van der Waals surface area contributed by atoms with Gasteiger partial charge < -0.3 is 5.32 Å². The average molecular weight is 365 g/mol. The van der Waals surface area contributed by atoms with Gasteiger partial charge in [-0.05, 0) is 49.4 Å². The van der Waals surface area contributed by atoms with Gasteiger partial charge in [-0.3, -0.25) is 4.79 Å². The number of benzene rings is 2. The highest BCUT2D eigenvalue weighted by Gasteiger charge is 2.17. The van der Waals surface area contributed by atoms with Gasteiger partial charge in [-0.1, -0.05) is 11.6 Å². The quantitative estimate of drug-likeness (QED) is 0.685. The fourth-order valence-electron chi connectivity index (χ4n) is 2.09. The second-order valence-corrected chi connectivity index (χ2v) is 6.43. The zero-order chi connectivity index (χ0) is 17.3. The van der Waals surface area contributed by atoms with E-state index in [1.807, 2.05) is 0 Å². The molecular weight excluding hydrogens is 354 g/mol. The van der Waals surface area contributed by atoms with Crippen molar-refractivity contribution in [3.8, 4) is 10.6 Å². The number of anilines is 1. The number of amides is 1. The first kappa shape index (κ1) is 16.5. The van der Waals surface area contributed by atoms with Crippen LogP contribution in [0.4, 0.5) is 14.5 Å². The number of hydrogen-bond acceptors (Lipinski definition) is 3. The molecule has 0 bridgehead atoms. The summed E-state index contributed by atoms with van der Waals surface area (Å²) in [6.45, 7) is 1.71. The van der Waals surface area contributed by atoms with Crippen molar-refractivity contribution in [3.63, 3.8) is 0 Å². The van der Waals surface area contributed by atoms with Crippen LogP contribution in [0.2, 0.25) is 5.02 Å². The lowest BCUT2D eigenvalue weighted by atomic mass is 10.2. The van der Waals surface area contributed by atoms with Crippen LogP contribution in [0.1, 0.15) is 15.4 Å². The van der Waals surface area contributed by atoms with Crippen molar-refractivity contribution in [3.05, 3.63) is 69.7 Å². The van der Waals surface area contributed by atoms with E-state index in [0.717, 1.165) is 11.6 Å². The average Bonchev–Trinajstić information content (AvgIpc) is 2.93. The topological polar surface area (TPSA) is 42.0 Å². The lowest BCUT2D eigenvalue weighted by Gasteiger charge is -2.06. The summed E-state index contributed by atoms with van der Waals surface area (Å²) in [5.41, 5.74) is 1.60. The molecule has 0 aliphatic rings. The number of thiazole rings is 1. The van der Waals surface area contributed by atoms with Gasteiger partial charge in [-0.2, -0.15) is 0 Å². The molecule has 3 rings (SSSR count). The van der Waals surface area contributed by atoms with E-state index in [1.165, 1.54) is 35.6 Å². The molecule has 1 amide bonds. The van der Waals surface area contributed by atoms with Crippen LogP contribution in [0.25, 0.3) is 10.6 Å². The van der Waals surface area contributed by atoms with Gasteiger partial charge in [0.05, 0.1) is 16.4 Å². The lowest BCUT2D eigenvalue weighted by Crippen LogP contribution is -2.11. The molecule has 1 aromatic heterocycles. The Morgan fingerprint density at radius 3 is 2.46 bits per heavy atom. The molecule has 0 fully saturated rings. The SMILES string of the molecule is Cc1nc(-c2ccc(F)cc2)sc1C(=O)Nc1ccc(F)cc1Cl. The molecule has 122 valence electrons. The normalized spacial score (nSPS) is 10.7. The Labute approximate surface area is 145 Å². The monoisotopic (exact) mass is 364 g/mol. The Bertz CT molecular complexity index is 909. The van der Waals surface area contributed by atoms with E-state index in [0.29, 0.717) is 21.3 Å². The van der Waals surface area contributed by atoms with Crippen LogP contribution in [-0.2, 0) is 0 Å². The second-order valence-electron chi connectivity index (χ2n) is 5.02. The summed E-state index contributed by atoms with van der Waals surface area (Å²) in [6, 6.07) is 9.62. The van der Waals surface area contributed by atoms with Crippen molar-refractivity contribution in [2.75, 3.05) is 5.32 Å². The highest BCUT2D eigenvalue weighted by atomic mass is 35.5. The molecule has 1 heterocycles. The summed E-state index contributed by atoms with van der Waals surface area (Å²) in [7, 11) is 0. The summed E-state index contributed by atoms with van der Waals surface area (Å²) >= 11 is 7.11. The summed E-state index contributed by atoms with van der Waals surface area (Å²) in [5.74, 6) is -1.20. The number of rotatable bonds is 3. The number of hydrogen-bond donors (Lipinski definition) is 1. The minimum atomic E-state index is -0.481. The molecular formula is C17H11ClF2N2OS. The molecule has 7 heteroatoms. The Morgan fingerprint density at radius 1 is 1.12 bits per heavy atom. The van der Waals surface area contributed by atoms with Crippen LogP contribution >= 0.6 is 22.9 Å². The van der Waals surface area contributed by atoms with Gasteiger partial charge in [0.25, 0.3) is 5.91 Å². The van der Waals surface area contributed by atoms with Gasteiger partial charge in [0.15, 0.2) is 0 Å². The fourth-order valence-corrected chi connectivity index (χ4v) is 3.27. The number of aromatic nitrogens is 1. The summed E-state index contributed by atoms with van der Waals surface area (Å²) in [5, 5.41) is 3.37. The van der Waals surface area contributed by atoms with Crippen molar-refractivity contribution >= 4 is 34.5 Å². The number of carbonyl (C=O) groups excluding carboxylic acids is 1. The van der Waals surface area contributed by atoms with Gasteiger partial charge in [0.2, 0.25) is 0 Å². The molecule has 0 spiro atoms. The third-order valence-corrected chi connectivity index (χ3v) is 4.79. The van der Waals surface area contributed by atoms with E-state index in [2.05, 4.69) is 10.3 Å². The van der Waals surface area contributed by atoms with Crippen LogP contribution in [0, 0.1) is 18.6 Å². The van der Waals surface area contributed by atoms with Gasteiger partial charge in [0, 0.05) is 5.56 Å². The van der Waals surface area contributed by atoms with Crippen LogP contribution in [0.5, 0.6) is 0 Å². The van der Waals surface area contributed by atoms with E-state index < -0.39 is 5.82 Å². The third-order valence-electron chi connectivity index (χ3n) is 3.27. The molecule has 0 unspecified atom stereocenters. The van der Waals surface area contributed by atoms with Crippen molar-refractivity contribution in [1.82, 2.24) is 4.98 Å². The molecule has 0 radical (unpaired) electrons. The maximum atomic E-state index is 13.1. The molecule has 0 saturated carbocycles. The summed E-state index contributed by atoms with van der Waals surface area (Å²) in [6.07, 6.45) is 0. The first-order valence-corrected chi connectivity index (χ1v) is 8.13. The number of nitrogens with zero attached hydrogens (tertiary/aromatic N) is 1. The minimum Gasteiger partial charge on any atom is -0.320 e. The van der Waals surface area contributed by atoms with Crippen molar-refractivity contribution < 1.29 is 13.6 Å². The second kappa shape index (κ2) is 6.67. The van der Waals surface area contributed by atoms with E-state index >= 15 is 0 Å². The molecule has 24 heavy (non-hydrogen) atoms. The summed E-state index contributed by atoms with van der Waals surface area (Å²) in [4.78, 5) is 17.2. The zero-order valence-electron chi connectivity index (χ0n) is 12.4. The predicted molar refractivity (Wildman–Crippen MR) is 91.6 cm³/mol. The molecule has 0 aliphatic carbocycles. The first-order chi connectivity index (χ1) is 11.4. The Balaban J connectivity index is 1.86. The third kappa shape index (κ3) is 3.44. The largest absolute Gasteiger partial charge is 0.320 e. The van der Waals surface area contributed by atoms with Gasteiger partial charge in [0.1, 0.15) is 21.5 Å². The lowest BCUT2D eigenvalue weighted by molar-refractivity contribution is 0.103. The van der Waals surface area contributed by atoms with Crippen LogP contribution in [0.3, 0.4) is 0 Å². The highest BCUT2D eigenvalue weighted by Crippen LogP contribution is 2.29. The Hall–Kier alpha value is -2.31. The molecule has 0 atom stereocenters. The molecule has 3 nitrogen and oxygen atoms in total. The van der Waals surface area contributed by atoms with Gasteiger partial charge in [-0.15, -0.1) is 11.3 Å². The van der Waals surface area contributed by atoms with Crippen LogP contribution in [0.15, 0.2) is 42.5 Å². The molecule has 3 aromatic rings. The predicted octanol–water partition coefficient (Wildman–Crippen LogP) is 5.30. The van der Waals surface area contributed by atoms with E-state index in [-0.39, 0.29) is 16.7 Å². The van der Waals surface area contributed by atoms with Gasteiger partial charge >= 0.3 is 0 Å². The summed E-state index contributed by atoms with van der Waals surface area (Å²) < 4.78 is 26.1. The maximum Gasteiger partial charge on any atom is 0.267 e. The van der Waals surface area contributed by atoms with Crippen molar-refractivity contribution in [1.29, 1.82) is 0 Å². The number of halogens is 3. The van der Waals surface area contributed by atoms with E-state index in [4.69, 9.17) is 11.6 Å². The van der Waals surface area contributed by atoms with E-state index in [1.54, 1.807) is 19.1 Å². The molecule has 2 aromatic carbocycles. The molecule has 0 aliphatic heterocycles. The van der Waals surface area contributed by atoms with Gasteiger partial charge in [-0.25, -0.2) is 13.8 Å². The van der Waals surface area contributed by atoms with Crippen LogP contribution in [-0.4, -0.2) is 10.9 Å². The zero-order valence-corrected chi connectivity index (χ0v) is 14.0. The Kier molecular flexibility index (Phi) is 4.59. The Morgan fingerprint density at radius 2 is 1.79 bits per heavy atom. The first-order valence-electron chi connectivity index (χ1n) is 6.94. The fraction of sp³-hybridized carbons (Fsp3) is 0.0588. The van der Waals surface area contributed by atoms with Crippen molar-refractivity contribution in [2.24, 2.45) is 0 Å². The molecule has 1 N–H and O–H groups in total. The number of carbonyl (C=O) groups is 1. The molecule has 0 saturated heterocycles. The van der Waals surface area contributed by atoms with E-state index in [9.17, 15) is 13.6 Å². The standard InChI is InChI=1S/C17H11ClF2N2OS/c1-9-15(16(23)22-14-7-6-12(20)8-13(14)18)24-17(21-9)10-2-4-11(19)5-3-10/h2-8H,1H3,(H,22,23). The van der Waals surface area contributed by atoms with Crippen LogP contribution < -0.4 is 5.32 Å². The smallest absolute Gasteiger partial charge is 0.267 e. The maximum absolute atomic E-state index is 13.1. The highest BCUT2D eigenvalue weighted by molar-refractivity contribution is 7.17. The number of nitrogens with one attached hydrogen (secondary N) is 1. The number of aryl methyl sites for hydroxylation is 1.